The lowest BCUT2D eigenvalue weighted by Crippen LogP contribution is -2.86. The first-order valence-corrected chi connectivity index (χ1v) is 2.77. The van der Waals surface area contributed by atoms with E-state index >= 15 is 0 Å². The number of terminal acetylenes is 1. The second-order valence-electron chi connectivity index (χ2n) is 2.11. The molecule has 1 amide bonds. The number of amides is 1. The number of carbonyl (C=O) groups is 1. The number of nitrogens with two attached hydrogens (primary N) is 1. The van der Waals surface area contributed by atoms with E-state index < -0.39 is 5.60 Å². The highest BCUT2D eigenvalue weighted by molar-refractivity contribution is 5.81. The van der Waals surface area contributed by atoms with E-state index in [2.05, 4.69) is 5.92 Å². The molecule has 1 atom stereocenters. The zero-order valence-electron chi connectivity index (χ0n) is 4.92. The maximum Gasteiger partial charge on any atom is 0.355 e. The van der Waals surface area contributed by atoms with Crippen molar-refractivity contribution in [3.05, 3.63) is 0 Å². The molecule has 1 heterocycles. The molecule has 1 unspecified atom stereocenters. The van der Waals surface area contributed by atoms with Gasteiger partial charge in [0, 0.05) is 0 Å². The van der Waals surface area contributed by atoms with Crippen LogP contribution in [-0.2, 0) is 4.79 Å². The van der Waals surface area contributed by atoms with Crippen LogP contribution >= 0.6 is 0 Å². The normalized spacial score (nSPS) is 34.4. The van der Waals surface area contributed by atoms with Crippen LogP contribution in [0.15, 0.2) is 0 Å². The summed E-state index contributed by atoms with van der Waals surface area (Å²) in [5.41, 5.74) is -1.47. The quantitative estimate of drug-likeness (QED) is 0.363. The Morgan fingerprint density at radius 1 is 1.89 bits per heavy atom. The van der Waals surface area contributed by atoms with E-state index in [-0.39, 0.29) is 5.91 Å². The van der Waals surface area contributed by atoms with Crippen LogP contribution in [0.4, 0.5) is 0 Å². The van der Waals surface area contributed by atoms with Gasteiger partial charge in [-0.2, -0.15) is 0 Å². The predicted octanol–water partition coefficient (Wildman–Crippen LogP) is -2.16. The molecule has 0 bridgehead atoms. The van der Waals surface area contributed by atoms with Crippen LogP contribution in [0.5, 0.6) is 0 Å². The van der Waals surface area contributed by atoms with Gasteiger partial charge < -0.3 is 5.11 Å². The van der Waals surface area contributed by atoms with E-state index in [0.29, 0.717) is 13.0 Å². The summed E-state index contributed by atoms with van der Waals surface area (Å²) in [4.78, 5) is 10.7. The summed E-state index contributed by atoms with van der Waals surface area (Å²) in [6.07, 6.45) is 5.29. The van der Waals surface area contributed by atoms with Gasteiger partial charge in [0.05, 0.1) is 13.0 Å². The van der Waals surface area contributed by atoms with Crippen LogP contribution in [0.2, 0.25) is 0 Å². The highest BCUT2D eigenvalue weighted by Gasteiger charge is 2.43. The van der Waals surface area contributed by atoms with Gasteiger partial charge in [0.1, 0.15) is 0 Å². The Bertz CT molecular complexity index is 182. The van der Waals surface area contributed by atoms with E-state index in [9.17, 15) is 4.79 Å². The van der Waals surface area contributed by atoms with Crippen molar-refractivity contribution >= 4 is 5.91 Å². The first kappa shape index (κ1) is 6.27. The summed E-state index contributed by atoms with van der Waals surface area (Å²) >= 11 is 0. The van der Waals surface area contributed by atoms with Crippen molar-refractivity contribution < 1.29 is 15.2 Å². The third-order valence-corrected chi connectivity index (χ3v) is 1.48. The second kappa shape index (κ2) is 1.83. The Morgan fingerprint density at radius 3 is 2.78 bits per heavy atom. The number of rotatable bonds is 0. The summed E-state index contributed by atoms with van der Waals surface area (Å²) in [5, 5.41) is 10.6. The van der Waals surface area contributed by atoms with Gasteiger partial charge in [-0.05, 0) is 0 Å². The fourth-order valence-corrected chi connectivity index (χ4v) is 0.847. The minimum absolute atomic E-state index is 0.329. The highest BCUT2D eigenvalue weighted by atomic mass is 16.3. The van der Waals surface area contributed by atoms with E-state index in [1.807, 2.05) is 0 Å². The molecule has 9 heavy (non-hydrogen) atoms. The number of hydrogen-bond donors (Lipinski definition) is 2. The molecule has 0 spiro atoms. The minimum atomic E-state index is -1.47. The van der Waals surface area contributed by atoms with Crippen LogP contribution in [-0.4, -0.2) is 23.2 Å². The fraction of sp³-hybridized carbons (Fsp3) is 0.500. The van der Waals surface area contributed by atoms with E-state index in [4.69, 9.17) is 11.5 Å². The van der Waals surface area contributed by atoms with Gasteiger partial charge in [0.15, 0.2) is 0 Å². The summed E-state index contributed by atoms with van der Waals surface area (Å²) in [5.74, 6) is 1.74. The van der Waals surface area contributed by atoms with Crippen LogP contribution in [0.1, 0.15) is 6.42 Å². The molecule has 1 rings (SSSR count). The second-order valence-corrected chi connectivity index (χ2v) is 2.11. The SMILES string of the molecule is C#CC1(O)CC[NH2+]C1=O. The van der Waals surface area contributed by atoms with Gasteiger partial charge in [0.25, 0.3) is 0 Å². The third-order valence-electron chi connectivity index (χ3n) is 1.48. The van der Waals surface area contributed by atoms with Gasteiger partial charge >= 0.3 is 5.91 Å². The van der Waals surface area contributed by atoms with Crippen LogP contribution in [0.3, 0.4) is 0 Å². The highest BCUT2D eigenvalue weighted by Crippen LogP contribution is 2.08. The molecule has 0 radical (unpaired) electrons. The van der Waals surface area contributed by atoms with Gasteiger partial charge in [-0.3, -0.25) is 5.32 Å². The molecule has 3 nitrogen and oxygen atoms in total. The van der Waals surface area contributed by atoms with Crippen LogP contribution < -0.4 is 5.32 Å². The average Bonchev–Trinajstić information content (AvgIpc) is 2.15. The van der Waals surface area contributed by atoms with Gasteiger partial charge in [0.2, 0.25) is 5.60 Å². The van der Waals surface area contributed by atoms with Crippen molar-refractivity contribution in [2.75, 3.05) is 6.54 Å². The summed E-state index contributed by atoms with van der Waals surface area (Å²) in [6.45, 7) is 0.597. The molecule has 0 aliphatic carbocycles. The van der Waals surface area contributed by atoms with E-state index in [0.717, 1.165) is 0 Å². The molecule has 3 N–H and O–H groups in total. The molecular weight excluding hydrogens is 118 g/mol. The van der Waals surface area contributed by atoms with Crippen molar-refractivity contribution in [1.82, 2.24) is 0 Å². The largest absolute Gasteiger partial charge is 0.366 e. The Hall–Kier alpha value is -0.850. The number of aliphatic hydroxyl groups is 1. The number of hydrogen-bond acceptors (Lipinski definition) is 2. The molecule has 1 aliphatic rings. The molecule has 0 aromatic heterocycles. The molecule has 0 aromatic rings. The smallest absolute Gasteiger partial charge is 0.355 e. The molecule has 1 fully saturated rings. The molecular formula is C6H8NO2+. The Labute approximate surface area is 53.1 Å². The zero-order chi connectivity index (χ0) is 6.91. The van der Waals surface area contributed by atoms with Gasteiger partial charge in [-0.15, -0.1) is 6.42 Å². The lowest BCUT2D eigenvalue weighted by molar-refractivity contribution is -0.555. The molecule has 48 valence electrons. The molecule has 3 heteroatoms. The summed E-state index contributed by atoms with van der Waals surface area (Å²) in [6, 6.07) is 0. The van der Waals surface area contributed by atoms with E-state index in [1.54, 1.807) is 0 Å². The predicted molar refractivity (Wildman–Crippen MR) is 30.2 cm³/mol. The minimum Gasteiger partial charge on any atom is -0.366 e. The Balaban J connectivity index is 2.82. The maximum atomic E-state index is 10.7. The fourth-order valence-electron chi connectivity index (χ4n) is 0.847. The molecule has 0 saturated carbocycles. The van der Waals surface area contributed by atoms with Crippen LogP contribution in [0, 0.1) is 12.3 Å². The third kappa shape index (κ3) is 0.826. The monoisotopic (exact) mass is 126 g/mol. The summed E-state index contributed by atoms with van der Waals surface area (Å²) in [7, 11) is 0. The summed E-state index contributed by atoms with van der Waals surface area (Å²) < 4.78 is 0. The van der Waals surface area contributed by atoms with Crippen molar-refractivity contribution in [2.24, 2.45) is 0 Å². The lowest BCUT2D eigenvalue weighted by atomic mass is 10.1. The van der Waals surface area contributed by atoms with Crippen molar-refractivity contribution in [3.8, 4) is 12.3 Å². The standard InChI is InChI=1S/C6H7NO2/c1-2-6(9)3-4-7-5(6)8/h1,9H,3-4H2,(H,7,8)/p+1. The topological polar surface area (TPSA) is 53.9 Å². The van der Waals surface area contributed by atoms with Crippen molar-refractivity contribution in [2.45, 2.75) is 12.0 Å². The number of carbonyl (C=O) groups excluding carboxylic acids is 1. The Kier molecular flexibility index (Phi) is 1.28. The first-order chi connectivity index (χ1) is 4.19. The maximum absolute atomic E-state index is 10.7. The lowest BCUT2D eigenvalue weighted by Gasteiger charge is -2.04. The van der Waals surface area contributed by atoms with Gasteiger partial charge in [-0.1, -0.05) is 5.92 Å². The zero-order valence-corrected chi connectivity index (χ0v) is 4.92. The van der Waals surface area contributed by atoms with Crippen molar-refractivity contribution in [1.29, 1.82) is 0 Å². The molecule has 1 saturated heterocycles. The van der Waals surface area contributed by atoms with Gasteiger partial charge in [-0.25, -0.2) is 4.79 Å². The Morgan fingerprint density at radius 2 is 2.56 bits per heavy atom. The number of quaternary nitrogens is 1. The average molecular weight is 126 g/mol. The van der Waals surface area contributed by atoms with Crippen LogP contribution in [0.25, 0.3) is 0 Å². The number of primary amides is 1. The molecule has 0 aromatic carbocycles. The van der Waals surface area contributed by atoms with E-state index in [1.165, 1.54) is 5.32 Å². The van der Waals surface area contributed by atoms with Crippen molar-refractivity contribution in [3.63, 3.8) is 0 Å². The molecule has 1 aliphatic heterocycles. The first-order valence-electron chi connectivity index (χ1n) is 2.77.